The van der Waals surface area contributed by atoms with Gasteiger partial charge in [0.1, 0.15) is 5.56 Å². The summed E-state index contributed by atoms with van der Waals surface area (Å²) >= 11 is 1.29. The molecule has 3 aromatic rings. The summed E-state index contributed by atoms with van der Waals surface area (Å²) in [7, 11) is 0. The van der Waals surface area contributed by atoms with Gasteiger partial charge in [-0.3, -0.25) is 4.79 Å². The first-order valence-corrected chi connectivity index (χ1v) is 9.12. The highest BCUT2D eigenvalue weighted by atomic mass is 32.1. The molecule has 1 aliphatic carbocycles. The third-order valence-corrected chi connectivity index (χ3v) is 5.36. The van der Waals surface area contributed by atoms with E-state index in [0.717, 1.165) is 37.9 Å². The molecule has 0 spiro atoms. The third kappa shape index (κ3) is 3.07. The van der Waals surface area contributed by atoms with Gasteiger partial charge in [-0.15, -0.1) is 11.3 Å². The number of alkyl halides is 3. The minimum Gasteiger partial charge on any atom is -0.349 e. The number of nitrogens with zero attached hydrogens (tertiary/aromatic N) is 3. The van der Waals surface area contributed by atoms with Crippen LogP contribution in [-0.2, 0) is 6.18 Å². The van der Waals surface area contributed by atoms with Crippen LogP contribution < -0.4 is 5.32 Å². The molecule has 3 aromatic heterocycles. The van der Waals surface area contributed by atoms with Crippen LogP contribution in [0.2, 0.25) is 0 Å². The van der Waals surface area contributed by atoms with Crippen molar-refractivity contribution in [2.45, 2.75) is 37.9 Å². The number of carbonyl (C=O) groups excluding carboxylic acids is 1. The Kier molecular flexibility index (Phi) is 4.18. The second-order valence-electron chi connectivity index (χ2n) is 6.25. The van der Waals surface area contributed by atoms with Gasteiger partial charge in [-0.05, 0) is 30.4 Å². The van der Waals surface area contributed by atoms with Gasteiger partial charge in [0, 0.05) is 6.04 Å². The molecule has 136 valence electrons. The maximum atomic E-state index is 13.5. The Labute approximate surface area is 150 Å². The molecule has 0 unspecified atom stereocenters. The van der Waals surface area contributed by atoms with E-state index in [-0.39, 0.29) is 22.9 Å². The van der Waals surface area contributed by atoms with Crippen molar-refractivity contribution in [2.24, 2.45) is 0 Å². The fourth-order valence-corrected chi connectivity index (χ4v) is 3.89. The molecule has 0 atom stereocenters. The van der Waals surface area contributed by atoms with Crippen LogP contribution in [0.25, 0.3) is 16.2 Å². The summed E-state index contributed by atoms with van der Waals surface area (Å²) < 4.78 is 41.2. The molecule has 1 aliphatic rings. The number of aromatic nitrogens is 3. The predicted octanol–water partition coefficient (Wildman–Crippen LogP) is 4.15. The average Bonchev–Trinajstić information content (AvgIpc) is 3.33. The summed E-state index contributed by atoms with van der Waals surface area (Å²) in [5, 5.41) is 8.42. The van der Waals surface area contributed by atoms with Crippen molar-refractivity contribution in [3.05, 3.63) is 41.0 Å². The number of hydrogen-bond donors (Lipinski definition) is 1. The van der Waals surface area contributed by atoms with E-state index in [4.69, 9.17) is 0 Å². The van der Waals surface area contributed by atoms with Crippen LogP contribution in [-0.4, -0.2) is 26.5 Å². The summed E-state index contributed by atoms with van der Waals surface area (Å²) in [4.78, 5) is 17.4. The average molecular weight is 380 g/mol. The summed E-state index contributed by atoms with van der Waals surface area (Å²) in [5.41, 5.74) is -0.805. The van der Waals surface area contributed by atoms with Gasteiger partial charge in [0.25, 0.3) is 5.91 Å². The van der Waals surface area contributed by atoms with E-state index in [1.807, 2.05) is 0 Å². The monoisotopic (exact) mass is 380 g/mol. The van der Waals surface area contributed by atoms with E-state index in [2.05, 4.69) is 15.4 Å². The lowest BCUT2D eigenvalue weighted by molar-refractivity contribution is -0.142. The van der Waals surface area contributed by atoms with Gasteiger partial charge in [0.05, 0.1) is 16.8 Å². The molecule has 9 heteroatoms. The molecule has 5 nitrogen and oxygen atoms in total. The lowest BCUT2D eigenvalue weighted by atomic mass is 10.2. The molecule has 0 aromatic carbocycles. The number of thiophene rings is 1. The zero-order valence-corrected chi connectivity index (χ0v) is 14.4. The Balaban J connectivity index is 1.82. The van der Waals surface area contributed by atoms with Crippen molar-refractivity contribution >= 4 is 22.9 Å². The maximum Gasteiger partial charge on any atom is 0.433 e. The van der Waals surface area contributed by atoms with E-state index in [1.165, 1.54) is 11.3 Å². The van der Waals surface area contributed by atoms with Gasteiger partial charge in [-0.2, -0.15) is 18.3 Å². The van der Waals surface area contributed by atoms with Crippen LogP contribution in [0.5, 0.6) is 0 Å². The quantitative estimate of drug-likeness (QED) is 0.743. The van der Waals surface area contributed by atoms with Crippen LogP contribution in [0.15, 0.2) is 29.8 Å². The van der Waals surface area contributed by atoms with Crippen LogP contribution in [0.4, 0.5) is 13.2 Å². The molecule has 1 fully saturated rings. The molecular weight excluding hydrogens is 365 g/mol. The summed E-state index contributed by atoms with van der Waals surface area (Å²) in [6.45, 7) is 0. The van der Waals surface area contributed by atoms with Crippen molar-refractivity contribution in [3.63, 3.8) is 0 Å². The fraction of sp³-hybridized carbons (Fsp3) is 0.353. The van der Waals surface area contributed by atoms with E-state index in [1.54, 1.807) is 17.5 Å². The smallest absolute Gasteiger partial charge is 0.349 e. The molecule has 0 saturated heterocycles. The van der Waals surface area contributed by atoms with Crippen molar-refractivity contribution in [1.82, 2.24) is 19.9 Å². The minimum absolute atomic E-state index is 0.0556. The van der Waals surface area contributed by atoms with Crippen molar-refractivity contribution in [1.29, 1.82) is 0 Å². The Bertz CT molecular complexity index is 943. The molecule has 0 aliphatic heterocycles. The normalized spacial score (nSPS) is 15.7. The highest BCUT2D eigenvalue weighted by Crippen LogP contribution is 2.33. The second kappa shape index (κ2) is 6.39. The standard InChI is InChI=1S/C17H15F3N4OS/c18-17(19,20)14-8-12(13-6-3-7-26-13)23-15-11(9-21-24(14)15)16(25)22-10-4-1-2-5-10/h3,6-10H,1-2,4-5H2,(H,22,25). The molecule has 4 rings (SSSR count). The molecule has 1 saturated carbocycles. The molecule has 0 bridgehead atoms. The Morgan fingerprint density at radius 3 is 2.73 bits per heavy atom. The van der Waals surface area contributed by atoms with Gasteiger partial charge in [-0.25, -0.2) is 9.50 Å². The second-order valence-corrected chi connectivity index (χ2v) is 7.20. The number of hydrogen-bond acceptors (Lipinski definition) is 4. The molecule has 1 N–H and O–H groups in total. The summed E-state index contributed by atoms with van der Waals surface area (Å²) in [5.74, 6) is -0.434. The van der Waals surface area contributed by atoms with E-state index < -0.39 is 17.8 Å². The van der Waals surface area contributed by atoms with Crippen LogP contribution in [0, 0.1) is 0 Å². The zero-order valence-electron chi connectivity index (χ0n) is 13.6. The van der Waals surface area contributed by atoms with Gasteiger partial charge in [0.2, 0.25) is 0 Å². The van der Waals surface area contributed by atoms with Gasteiger partial charge in [0.15, 0.2) is 11.3 Å². The Morgan fingerprint density at radius 2 is 2.08 bits per heavy atom. The first-order chi connectivity index (χ1) is 12.4. The Morgan fingerprint density at radius 1 is 1.31 bits per heavy atom. The molecular formula is C17H15F3N4OS. The summed E-state index contributed by atoms with van der Waals surface area (Å²) in [6, 6.07) is 4.45. The van der Waals surface area contributed by atoms with Gasteiger partial charge >= 0.3 is 6.18 Å². The largest absolute Gasteiger partial charge is 0.433 e. The van der Waals surface area contributed by atoms with Crippen molar-refractivity contribution in [2.75, 3.05) is 0 Å². The number of nitrogens with one attached hydrogen (secondary N) is 1. The van der Waals surface area contributed by atoms with Crippen molar-refractivity contribution in [3.8, 4) is 10.6 Å². The number of carbonyl (C=O) groups is 1. The third-order valence-electron chi connectivity index (χ3n) is 4.47. The molecule has 0 radical (unpaired) electrons. The maximum absolute atomic E-state index is 13.5. The minimum atomic E-state index is -4.61. The SMILES string of the molecule is O=C(NC1CCCC1)c1cnn2c(C(F)(F)F)cc(-c3cccs3)nc12. The first-order valence-electron chi connectivity index (χ1n) is 8.24. The molecule has 26 heavy (non-hydrogen) atoms. The van der Waals surface area contributed by atoms with Crippen molar-refractivity contribution < 1.29 is 18.0 Å². The topological polar surface area (TPSA) is 59.3 Å². The highest BCUT2D eigenvalue weighted by Gasteiger charge is 2.36. The number of rotatable bonds is 3. The van der Waals surface area contributed by atoms with Gasteiger partial charge in [-0.1, -0.05) is 18.9 Å². The van der Waals surface area contributed by atoms with E-state index >= 15 is 0 Å². The van der Waals surface area contributed by atoms with Gasteiger partial charge < -0.3 is 5.32 Å². The van der Waals surface area contributed by atoms with E-state index in [9.17, 15) is 18.0 Å². The number of amides is 1. The number of fused-ring (bicyclic) bond motifs is 1. The predicted molar refractivity (Wildman–Crippen MR) is 91.0 cm³/mol. The molecule has 3 heterocycles. The van der Waals surface area contributed by atoms with E-state index in [0.29, 0.717) is 9.39 Å². The zero-order chi connectivity index (χ0) is 18.3. The Hall–Kier alpha value is -2.42. The molecule has 1 amide bonds. The lowest BCUT2D eigenvalue weighted by Gasteiger charge is -2.12. The van der Waals surface area contributed by atoms with Crippen LogP contribution in [0.3, 0.4) is 0 Å². The van der Waals surface area contributed by atoms with Crippen LogP contribution in [0.1, 0.15) is 41.7 Å². The highest BCUT2D eigenvalue weighted by molar-refractivity contribution is 7.13. The van der Waals surface area contributed by atoms with Crippen LogP contribution >= 0.6 is 11.3 Å². The first kappa shape index (κ1) is 17.0. The fourth-order valence-electron chi connectivity index (χ4n) is 3.21. The summed E-state index contributed by atoms with van der Waals surface area (Å²) in [6.07, 6.45) is 0.384. The lowest BCUT2D eigenvalue weighted by Crippen LogP contribution is -2.32. The number of halogens is 3.